The van der Waals surface area contributed by atoms with Crippen molar-refractivity contribution in [3.8, 4) is 0 Å². The van der Waals surface area contributed by atoms with Crippen LogP contribution < -0.4 is 5.73 Å². The quantitative estimate of drug-likeness (QED) is 0.656. The Labute approximate surface area is 123 Å². The van der Waals surface area contributed by atoms with Gasteiger partial charge in [-0.25, -0.2) is 0 Å². The van der Waals surface area contributed by atoms with Crippen molar-refractivity contribution in [2.45, 2.75) is 32.1 Å². The van der Waals surface area contributed by atoms with Crippen LogP contribution in [0.2, 0.25) is 0 Å². The number of fused-ring (bicyclic) bond motifs is 1. The maximum Gasteiger partial charge on any atom is 0.263 e. The molecule has 21 heavy (non-hydrogen) atoms. The molecule has 1 aromatic carbocycles. The molecule has 1 fully saturated rings. The van der Waals surface area contributed by atoms with Gasteiger partial charge < -0.3 is 10.8 Å². The van der Waals surface area contributed by atoms with Gasteiger partial charge in [0.2, 0.25) is 0 Å². The fourth-order valence-electron chi connectivity index (χ4n) is 3.51. The highest BCUT2D eigenvalue weighted by molar-refractivity contribution is 6.23. The van der Waals surface area contributed by atoms with E-state index in [2.05, 4.69) is 0 Å². The number of imide groups is 1. The van der Waals surface area contributed by atoms with Gasteiger partial charge in [-0.2, -0.15) is 0 Å². The van der Waals surface area contributed by atoms with Gasteiger partial charge in [0.25, 0.3) is 11.8 Å². The average molecular weight is 288 g/mol. The smallest absolute Gasteiger partial charge is 0.263 e. The minimum Gasteiger partial charge on any atom is -0.398 e. The van der Waals surface area contributed by atoms with Crippen LogP contribution in [0.4, 0.5) is 5.69 Å². The molecule has 0 bridgehead atoms. The van der Waals surface area contributed by atoms with Gasteiger partial charge in [-0.3, -0.25) is 14.5 Å². The first-order valence-corrected chi connectivity index (χ1v) is 7.43. The van der Waals surface area contributed by atoms with Crippen LogP contribution in [0.15, 0.2) is 18.2 Å². The lowest BCUT2D eigenvalue weighted by Gasteiger charge is -2.37. The number of aliphatic hydroxyl groups excluding tert-OH is 1. The highest BCUT2D eigenvalue weighted by atomic mass is 16.3. The Kier molecular flexibility index (Phi) is 3.45. The molecule has 3 N–H and O–H groups in total. The molecular weight excluding hydrogens is 268 g/mol. The van der Waals surface area contributed by atoms with Crippen LogP contribution in [-0.2, 0) is 0 Å². The fraction of sp³-hybridized carbons (Fsp3) is 0.500. The number of hydrogen-bond donors (Lipinski definition) is 2. The van der Waals surface area contributed by atoms with Crippen LogP contribution in [-0.4, -0.2) is 35.0 Å². The molecule has 0 radical (unpaired) electrons. The lowest BCUT2D eigenvalue weighted by Crippen LogP contribution is -2.44. The highest BCUT2D eigenvalue weighted by Gasteiger charge is 2.42. The van der Waals surface area contributed by atoms with E-state index in [1.165, 1.54) is 4.90 Å². The van der Waals surface area contributed by atoms with Crippen LogP contribution in [0.25, 0.3) is 0 Å². The third-order valence-corrected chi connectivity index (χ3v) is 4.77. The standard InChI is InChI=1S/C16H20N2O3/c17-12-6-4-5-11-13(12)15(21)18(14(11)20)9-16(10-19)7-2-1-3-8-16/h4-6,19H,1-3,7-10,17H2. The second kappa shape index (κ2) is 5.15. The number of benzene rings is 1. The van der Waals surface area contributed by atoms with Gasteiger partial charge in [0.1, 0.15) is 0 Å². The van der Waals surface area contributed by atoms with Gasteiger partial charge in [0.05, 0.1) is 17.7 Å². The number of nitrogen functional groups attached to an aromatic ring is 1. The van der Waals surface area contributed by atoms with E-state index < -0.39 is 0 Å². The van der Waals surface area contributed by atoms with Crippen molar-refractivity contribution >= 4 is 17.5 Å². The lowest BCUT2D eigenvalue weighted by molar-refractivity contribution is 0.0331. The summed E-state index contributed by atoms with van der Waals surface area (Å²) < 4.78 is 0. The van der Waals surface area contributed by atoms with E-state index in [0.29, 0.717) is 16.8 Å². The Hall–Kier alpha value is -1.88. The average Bonchev–Trinajstić information content (AvgIpc) is 2.74. The first-order valence-electron chi connectivity index (χ1n) is 7.43. The van der Waals surface area contributed by atoms with Crippen LogP contribution in [0.3, 0.4) is 0 Å². The molecular formula is C16H20N2O3. The number of amides is 2. The molecule has 0 atom stereocenters. The number of nitrogens with two attached hydrogens (primary N) is 1. The Morgan fingerprint density at radius 2 is 1.86 bits per heavy atom. The Balaban J connectivity index is 1.89. The van der Waals surface area contributed by atoms with Crippen LogP contribution in [0.5, 0.6) is 0 Å². The van der Waals surface area contributed by atoms with Gasteiger partial charge in [-0.1, -0.05) is 25.3 Å². The van der Waals surface area contributed by atoms with Crippen LogP contribution >= 0.6 is 0 Å². The molecule has 1 aliphatic carbocycles. The van der Waals surface area contributed by atoms with Gasteiger partial charge in [0.15, 0.2) is 0 Å². The zero-order valence-corrected chi connectivity index (χ0v) is 12.0. The number of carbonyl (C=O) groups is 2. The van der Waals surface area contributed by atoms with Crippen molar-refractivity contribution in [2.75, 3.05) is 18.9 Å². The molecule has 5 nitrogen and oxygen atoms in total. The van der Waals surface area contributed by atoms with Gasteiger partial charge in [-0.15, -0.1) is 0 Å². The number of carbonyl (C=O) groups excluding carboxylic acids is 2. The summed E-state index contributed by atoms with van der Waals surface area (Å²) >= 11 is 0. The van der Waals surface area contributed by atoms with E-state index in [9.17, 15) is 14.7 Å². The Morgan fingerprint density at radius 1 is 1.14 bits per heavy atom. The SMILES string of the molecule is Nc1cccc2c1C(=O)N(CC1(CO)CCCCC1)C2=O. The van der Waals surface area contributed by atoms with E-state index in [4.69, 9.17) is 5.73 Å². The molecule has 112 valence electrons. The summed E-state index contributed by atoms with van der Waals surface area (Å²) in [5, 5.41) is 9.77. The van der Waals surface area contributed by atoms with Crippen LogP contribution in [0, 0.1) is 5.41 Å². The van der Waals surface area contributed by atoms with Crippen molar-refractivity contribution in [1.82, 2.24) is 4.90 Å². The molecule has 0 saturated heterocycles. The number of anilines is 1. The molecule has 0 aromatic heterocycles. The molecule has 0 spiro atoms. The number of rotatable bonds is 3. The van der Waals surface area contributed by atoms with E-state index in [0.717, 1.165) is 32.1 Å². The largest absolute Gasteiger partial charge is 0.398 e. The molecule has 2 amide bonds. The Bertz CT molecular complexity index is 591. The number of hydrogen-bond acceptors (Lipinski definition) is 4. The summed E-state index contributed by atoms with van der Waals surface area (Å²) in [6, 6.07) is 4.96. The molecule has 1 saturated carbocycles. The molecule has 1 aromatic rings. The van der Waals surface area contributed by atoms with Crippen LogP contribution in [0.1, 0.15) is 52.8 Å². The number of aliphatic hydroxyl groups is 1. The maximum absolute atomic E-state index is 12.5. The molecule has 2 aliphatic rings. The normalized spacial score (nSPS) is 20.7. The van der Waals surface area contributed by atoms with Crippen molar-refractivity contribution in [2.24, 2.45) is 5.41 Å². The summed E-state index contributed by atoms with van der Waals surface area (Å²) in [5.41, 5.74) is 6.52. The van der Waals surface area contributed by atoms with Crippen molar-refractivity contribution in [3.63, 3.8) is 0 Å². The second-order valence-electron chi connectivity index (χ2n) is 6.19. The van der Waals surface area contributed by atoms with Crippen molar-refractivity contribution in [1.29, 1.82) is 0 Å². The van der Waals surface area contributed by atoms with Crippen molar-refractivity contribution in [3.05, 3.63) is 29.3 Å². The molecule has 1 heterocycles. The Morgan fingerprint density at radius 3 is 2.48 bits per heavy atom. The minimum absolute atomic E-state index is 0.00981. The third kappa shape index (κ3) is 2.21. The summed E-state index contributed by atoms with van der Waals surface area (Å²) in [4.78, 5) is 26.2. The summed E-state index contributed by atoms with van der Waals surface area (Å²) in [5.74, 6) is -0.618. The lowest BCUT2D eigenvalue weighted by atomic mass is 9.74. The molecule has 5 heteroatoms. The third-order valence-electron chi connectivity index (χ3n) is 4.77. The zero-order chi connectivity index (χ0) is 15.0. The fourth-order valence-corrected chi connectivity index (χ4v) is 3.51. The first-order chi connectivity index (χ1) is 10.1. The van der Waals surface area contributed by atoms with E-state index in [1.807, 2.05) is 0 Å². The maximum atomic E-state index is 12.5. The summed E-state index contributed by atoms with van der Waals surface area (Å²) in [6.45, 7) is 0.297. The van der Waals surface area contributed by atoms with E-state index >= 15 is 0 Å². The first kappa shape index (κ1) is 14.1. The number of nitrogens with zero attached hydrogens (tertiary/aromatic N) is 1. The minimum atomic E-state index is -0.347. The molecule has 3 rings (SSSR count). The van der Waals surface area contributed by atoms with E-state index in [1.54, 1.807) is 18.2 Å². The zero-order valence-electron chi connectivity index (χ0n) is 12.0. The highest BCUT2D eigenvalue weighted by Crippen LogP contribution is 2.39. The topological polar surface area (TPSA) is 83.6 Å². The molecule has 1 aliphatic heterocycles. The van der Waals surface area contributed by atoms with Crippen molar-refractivity contribution < 1.29 is 14.7 Å². The summed E-state index contributed by atoms with van der Waals surface area (Å²) in [6.07, 6.45) is 4.92. The predicted molar refractivity (Wildman–Crippen MR) is 78.8 cm³/mol. The monoisotopic (exact) mass is 288 g/mol. The predicted octanol–water partition coefficient (Wildman–Crippen LogP) is 1.81. The van der Waals surface area contributed by atoms with Gasteiger partial charge in [0, 0.05) is 17.6 Å². The van der Waals surface area contributed by atoms with E-state index in [-0.39, 0.29) is 30.4 Å². The second-order valence-corrected chi connectivity index (χ2v) is 6.19. The van der Waals surface area contributed by atoms with Gasteiger partial charge in [-0.05, 0) is 25.0 Å². The van der Waals surface area contributed by atoms with Gasteiger partial charge >= 0.3 is 0 Å². The molecule has 0 unspecified atom stereocenters. The summed E-state index contributed by atoms with van der Waals surface area (Å²) in [7, 11) is 0.